The maximum Gasteiger partial charge on any atom is 0.407 e. The first kappa shape index (κ1) is 13.6. The van der Waals surface area contributed by atoms with Gasteiger partial charge in [0.25, 0.3) is 0 Å². The molecule has 1 amide bonds. The largest absolute Gasteiger partial charge is 0.465 e. The summed E-state index contributed by atoms with van der Waals surface area (Å²) in [5.74, 6) is -0.475. The normalized spacial score (nSPS) is 17.7. The van der Waals surface area contributed by atoms with Crippen molar-refractivity contribution in [3.05, 3.63) is 11.8 Å². The predicted octanol–water partition coefficient (Wildman–Crippen LogP) is 2.03. The van der Waals surface area contributed by atoms with E-state index in [2.05, 4.69) is 10.2 Å². The standard InChI is InChI=1S/C10H12F3N3O3/c11-10(12,13)5-7-14-15-8(19-7)6-1-3-16(4-2-6)9(17)18/h6H,1-5H2,(H,17,18). The van der Waals surface area contributed by atoms with Crippen molar-refractivity contribution in [2.24, 2.45) is 0 Å². The van der Waals surface area contributed by atoms with Crippen LogP contribution in [-0.4, -0.2) is 45.6 Å². The van der Waals surface area contributed by atoms with Crippen LogP contribution in [0.15, 0.2) is 4.42 Å². The van der Waals surface area contributed by atoms with E-state index in [1.807, 2.05) is 0 Å². The molecule has 0 atom stereocenters. The number of nitrogens with zero attached hydrogens (tertiary/aromatic N) is 3. The zero-order valence-corrected chi connectivity index (χ0v) is 9.85. The van der Waals surface area contributed by atoms with Gasteiger partial charge in [-0.05, 0) is 12.8 Å². The first-order valence-electron chi connectivity index (χ1n) is 5.72. The third-order valence-corrected chi connectivity index (χ3v) is 2.95. The second kappa shape index (κ2) is 5.06. The Kier molecular flexibility index (Phi) is 3.63. The summed E-state index contributed by atoms with van der Waals surface area (Å²) in [6.45, 7) is 0.633. The molecule has 19 heavy (non-hydrogen) atoms. The van der Waals surface area contributed by atoms with Crippen LogP contribution in [0.1, 0.15) is 30.5 Å². The van der Waals surface area contributed by atoms with Crippen molar-refractivity contribution in [3.63, 3.8) is 0 Å². The monoisotopic (exact) mass is 279 g/mol. The molecule has 9 heteroatoms. The molecule has 1 saturated heterocycles. The van der Waals surface area contributed by atoms with Crippen molar-refractivity contribution >= 4 is 6.09 Å². The average molecular weight is 279 g/mol. The molecule has 1 N–H and O–H groups in total. The Labute approximate surface area is 106 Å². The fourth-order valence-electron chi connectivity index (χ4n) is 1.99. The van der Waals surface area contributed by atoms with E-state index < -0.39 is 24.6 Å². The third kappa shape index (κ3) is 3.58. The number of hydrogen-bond acceptors (Lipinski definition) is 4. The maximum atomic E-state index is 12.1. The molecule has 1 aliphatic heterocycles. The Morgan fingerprint density at radius 2 is 2.00 bits per heavy atom. The molecule has 6 nitrogen and oxygen atoms in total. The second-order valence-corrected chi connectivity index (χ2v) is 4.37. The molecular weight excluding hydrogens is 267 g/mol. The van der Waals surface area contributed by atoms with Gasteiger partial charge in [0.05, 0.1) is 0 Å². The predicted molar refractivity (Wildman–Crippen MR) is 55.6 cm³/mol. The van der Waals surface area contributed by atoms with Gasteiger partial charge in [-0.3, -0.25) is 0 Å². The molecule has 1 aromatic heterocycles. The Morgan fingerprint density at radius 1 is 1.37 bits per heavy atom. The second-order valence-electron chi connectivity index (χ2n) is 4.37. The summed E-state index contributed by atoms with van der Waals surface area (Å²) >= 11 is 0. The summed E-state index contributed by atoms with van der Waals surface area (Å²) < 4.78 is 41.4. The van der Waals surface area contributed by atoms with Crippen molar-refractivity contribution in [2.75, 3.05) is 13.1 Å². The first-order valence-corrected chi connectivity index (χ1v) is 5.72. The topological polar surface area (TPSA) is 79.5 Å². The van der Waals surface area contributed by atoms with Gasteiger partial charge in [-0.25, -0.2) is 4.79 Å². The van der Waals surface area contributed by atoms with Gasteiger partial charge in [0, 0.05) is 19.0 Å². The van der Waals surface area contributed by atoms with Gasteiger partial charge in [0.15, 0.2) is 0 Å². The summed E-state index contributed by atoms with van der Waals surface area (Å²) in [5, 5.41) is 15.8. The number of alkyl halides is 3. The van der Waals surface area contributed by atoms with Crippen molar-refractivity contribution in [1.29, 1.82) is 0 Å². The highest BCUT2D eigenvalue weighted by Gasteiger charge is 2.32. The number of hydrogen-bond donors (Lipinski definition) is 1. The molecule has 0 saturated carbocycles. The summed E-state index contributed by atoms with van der Waals surface area (Å²) in [6.07, 6.45) is -5.67. The Balaban J connectivity index is 1.95. The third-order valence-electron chi connectivity index (χ3n) is 2.95. The van der Waals surface area contributed by atoms with Crippen LogP contribution < -0.4 is 0 Å². The van der Waals surface area contributed by atoms with E-state index in [4.69, 9.17) is 9.52 Å². The van der Waals surface area contributed by atoms with E-state index in [-0.39, 0.29) is 11.8 Å². The minimum atomic E-state index is -4.38. The highest BCUT2D eigenvalue weighted by molar-refractivity contribution is 5.65. The molecule has 2 heterocycles. The minimum absolute atomic E-state index is 0.157. The Morgan fingerprint density at radius 3 is 2.53 bits per heavy atom. The van der Waals surface area contributed by atoms with E-state index in [9.17, 15) is 18.0 Å². The molecule has 1 fully saturated rings. The number of halogens is 3. The van der Waals surface area contributed by atoms with Crippen molar-refractivity contribution in [2.45, 2.75) is 31.4 Å². The number of aromatic nitrogens is 2. The fourth-order valence-corrected chi connectivity index (χ4v) is 1.99. The lowest BCUT2D eigenvalue weighted by atomic mass is 9.97. The van der Waals surface area contributed by atoms with Gasteiger partial charge < -0.3 is 14.4 Å². The number of likely N-dealkylation sites (tertiary alicyclic amines) is 1. The highest BCUT2D eigenvalue weighted by Crippen LogP contribution is 2.28. The van der Waals surface area contributed by atoms with E-state index in [1.165, 1.54) is 4.90 Å². The lowest BCUT2D eigenvalue weighted by molar-refractivity contribution is -0.131. The van der Waals surface area contributed by atoms with Crippen LogP contribution in [0, 0.1) is 0 Å². The van der Waals surface area contributed by atoms with Gasteiger partial charge in [-0.1, -0.05) is 0 Å². The molecule has 0 aliphatic carbocycles. The fraction of sp³-hybridized carbons (Fsp3) is 0.700. The molecular formula is C10H12F3N3O3. The van der Waals surface area contributed by atoms with Crippen LogP contribution in [0.25, 0.3) is 0 Å². The molecule has 1 aliphatic rings. The van der Waals surface area contributed by atoms with Gasteiger partial charge in [-0.2, -0.15) is 13.2 Å². The van der Waals surface area contributed by atoms with Gasteiger partial charge >= 0.3 is 12.3 Å². The lowest BCUT2D eigenvalue weighted by Crippen LogP contribution is -2.36. The smallest absolute Gasteiger partial charge is 0.407 e. The summed E-state index contributed by atoms with van der Waals surface area (Å²) in [6, 6.07) is 0. The van der Waals surface area contributed by atoms with Crippen LogP contribution in [0.2, 0.25) is 0 Å². The molecule has 0 spiro atoms. The van der Waals surface area contributed by atoms with E-state index >= 15 is 0 Å². The number of rotatable bonds is 2. The zero-order chi connectivity index (χ0) is 14.0. The van der Waals surface area contributed by atoms with Crippen LogP contribution in [0.3, 0.4) is 0 Å². The minimum Gasteiger partial charge on any atom is -0.465 e. The summed E-state index contributed by atoms with van der Waals surface area (Å²) in [7, 11) is 0. The van der Waals surface area contributed by atoms with E-state index in [1.54, 1.807) is 0 Å². The van der Waals surface area contributed by atoms with Crippen LogP contribution in [-0.2, 0) is 6.42 Å². The average Bonchev–Trinajstić information content (AvgIpc) is 2.75. The zero-order valence-electron chi connectivity index (χ0n) is 9.85. The number of piperidine rings is 1. The molecule has 0 bridgehead atoms. The molecule has 106 valence electrons. The number of carboxylic acid groups (broad SMARTS) is 1. The number of amides is 1. The molecule has 1 aromatic rings. The van der Waals surface area contributed by atoms with Crippen LogP contribution >= 0.6 is 0 Å². The maximum absolute atomic E-state index is 12.1. The van der Waals surface area contributed by atoms with Crippen molar-refractivity contribution in [1.82, 2.24) is 15.1 Å². The molecule has 2 rings (SSSR count). The Bertz CT molecular complexity index is 452. The van der Waals surface area contributed by atoms with Gasteiger partial charge in [0.1, 0.15) is 6.42 Å². The summed E-state index contributed by atoms with van der Waals surface area (Å²) in [5.41, 5.74) is 0. The van der Waals surface area contributed by atoms with Gasteiger partial charge in [0.2, 0.25) is 11.8 Å². The van der Waals surface area contributed by atoms with Crippen molar-refractivity contribution < 1.29 is 27.5 Å². The Hall–Kier alpha value is -1.80. The van der Waals surface area contributed by atoms with Gasteiger partial charge in [-0.15, -0.1) is 10.2 Å². The highest BCUT2D eigenvalue weighted by atomic mass is 19.4. The van der Waals surface area contributed by atoms with E-state index in [0.29, 0.717) is 25.9 Å². The van der Waals surface area contributed by atoms with Crippen LogP contribution in [0.4, 0.5) is 18.0 Å². The molecule has 0 aromatic carbocycles. The van der Waals surface area contributed by atoms with E-state index in [0.717, 1.165) is 0 Å². The lowest BCUT2D eigenvalue weighted by Gasteiger charge is -2.27. The molecule has 0 unspecified atom stereocenters. The summed E-state index contributed by atoms with van der Waals surface area (Å²) in [4.78, 5) is 12.0. The quantitative estimate of drug-likeness (QED) is 0.896. The van der Waals surface area contributed by atoms with Crippen molar-refractivity contribution in [3.8, 4) is 0 Å². The number of carbonyl (C=O) groups is 1. The molecule has 0 radical (unpaired) electrons. The first-order chi connectivity index (χ1) is 8.85. The SMILES string of the molecule is O=C(O)N1CCC(c2nnc(CC(F)(F)F)o2)CC1. The van der Waals surface area contributed by atoms with Crippen LogP contribution in [0.5, 0.6) is 0 Å².